The van der Waals surface area contributed by atoms with Gasteiger partial charge in [0.15, 0.2) is 0 Å². The Balaban J connectivity index is 2.22. The zero-order valence-electron chi connectivity index (χ0n) is 9.84. The van der Waals surface area contributed by atoms with Crippen molar-refractivity contribution in [2.75, 3.05) is 10.7 Å². The first-order valence-corrected chi connectivity index (χ1v) is 5.34. The second-order valence-electron chi connectivity index (χ2n) is 3.77. The topological polar surface area (TPSA) is 92.9 Å². The van der Waals surface area contributed by atoms with Crippen molar-refractivity contribution < 1.29 is 4.79 Å². The van der Waals surface area contributed by atoms with Crippen molar-refractivity contribution in [1.29, 1.82) is 0 Å². The average molecular weight is 243 g/mol. The maximum absolute atomic E-state index is 12.0. The van der Waals surface area contributed by atoms with Crippen molar-refractivity contribution in [2.45, 2.75) is 6.92 Å². The summed E-state index contributed by atoms with van der Waals surface area (Å²) in [5.41, 5.74) is 4.95. The molecule has 6 heteroatoms. The molecule has 2 aromatic rings. The van der Waals surface area contributed by atoms with Gasteiger partial charge in [-0.05, 0) is 24.6 Å². The molecule has 0 saturated carbocycles. The third-order valence-electron chi connectivity index (χ3n) is 2.35. The predicted octanol–water partition coefficient (Wildman–Crippen LogP) is 1.32. The highest BCUT2D eigenvalue weighted by molar-refractivity contribution is 6.07. The number of pyridine rings is 2. The number of aryl methyl sites for hydroxylation is 1. The van der Waals surface area contributed by atoms with E-state index in [1.54, 1.807) is 24.7 Å². The van der Waals surface area contributed by atoms with Gasteiger partial charge in [-0.2, -0.15) is 0 Å². The molecule has 0 aliphatic heterocycles. The Kier molecular flexibility index (Phi) is 3.49. The summed E-state index contributed by atoms with van der Waals surface area (Å²) < 4.78 is 0. The van der Waals surface area contributed by atoms with Gasteiger partial charge >= 0.3 is 0 Å². The van der Waals surface area contributed by atoms with Gasteiger partial charge in [-0.1, -0.05) is 0 Å². The molecule has 0 unspecified atom stereocenters. The fourth-order valence-electron chi connectivity index (χ4n) is 1.52. The van der Waals surface area contributed by atoms with E-state index in [-0.39, 0.29) is 5.91 Å². The molecule has 4 N–H and O–H groups in total. The van der Waals surface area contributed by atoms with Crippen LogP contribution in [-0.2, 0) is 0 Å². The van der Waals surface area contributed by atoms with Crippen LogP contribution in [0.25, 0.3) is 0 Å². The van der Waals surface area contributed by atoms with Crippen LogP contribution in [0.5, 0.6) is 0 Å². The van der Waals surface area contributed by atoms with Crippen LogP contribution in [0.3, 0.4) is 0 Å². The standard InChI is InChI=1S/C12H13N5O/c1-8-4-9(6-15-5-8)16-12(18)10-7-14-3-2-11(10)17-13/h2-7H,13H2,1H3,(H,14,17)(H,16,18). The quantitative estimate of drug-likeness (QED) is 0.558. The van der Waals surface area contributed by atoms with Crippen molar-refractivity contribution in [3.63, 3.8) is 0 Å². The molecule has 92 valence electrons. The maximum atomic E-state index is 12.0. The van der Waals surface area contributed by atoms with E-state index in [1.165, 1.54) is 6.20 Å². The highest BCUT2D eigenvalue weighted by atomic mass is 16.1. The van der Waals surface area contributed by atoms with Gasteiger partial charge in [0, 0.05) is 18.6 Å². The van der Waals surface area contributed by atoms with Crippen LogP contribution in [0.15, 0.2) is 36.9 Å². The third kappa shape index (κ3) is 2.61. The maximum Gasteiger partial charge on any atom is 0.259 e. The summed E-state index contributed by atoms with van der Waals surface area (Å²) in [6, 6.07) is 3.46. The van der Waals surface area contributed by atoms with Gasteiger partial charge in [0.05, 0.1) is 23.1 Å². The monoisotopic (exact) mass is 243 g/mol. The van der Waals surface area contributed by atoms with E-state index in [1.807, 2.05) is 13.0 Å². The lowest BCUT2D eigenvalue weighted by atomic mass is 10.2. The zero-order valence-corrected chi connectivity index (χ0v) is 9.84. The van der Waals surface area contributed by atoms with Gasteiger partial charge in [-0.3, -0.25) is 20.6 Å². The Bertz CT molecular complexity index is 570. The molecule has 0 radical (unpaired) electrons. The molecule has 0 saturated heterocycles. The van der Waals surface area contributed by atoms with Crippen molar-refractivity contribution in [3.8, 4) is 0 Å². The number of nitrogens with one attached hydrogen (secondary N) is 2. The SMILES string of the molecule is Cc1cncc(NC(=O)c2cnccc2NN)c1. The van der Waals surface area contributed by atoms with E-state index in [0.717, 1.165) is 5.56 Å². The van der Waals surface area contributed by atoms with Crippen LogP contribution in [0.4, 0.5) is 11.4 Å². The number of carbonyl (C=O) groups is 1. The van der Waals surface area contributed by atoms with E-state index in [9.17, 15) is 4.79 Å². The molecule has 1 amide bonds. The smallest absolute Gasteiger partial charge is 0.259 e. The largest absolute Gasteiger partial charge is 0.323 e. The van der Waals surface area contributed by atoms with Crippen LogP contribution in [0.1, 0.15) is 15.9 Å². The Morgan fingerprint density at radius 1 is 1.28 bits per heavy atom. The lowest BCUT2D eigenvalue weighted by Gasteiger charge is -2.08. The number of hydrogen-bond donors (Lipinski definition) is 3. The molecular formula is C12H13N5O. The Morgan fingerprint density at radius 2 is 2.11 bits per heavy atom. The number of carbonyl (C=O) groups excluding carboxylic acids is 1. The summed E-state index contributed by atoms with van der Waals surface area (Å²) in [5.74, 6) is 5.05. The van der Waals surface area contributed by atoms with E-state index in [0.29, 0.717) is 16.9 Å². The minimum atomic E-state index is -0.288. The number of amides is 1. The minimum Gasteiger partial charge on any atom is -0.323 e. The Labute approximate surface area is 104 Å². The molecular weight excluding hydrogens is 230 g/mol. The fraction of sp³-hybridized carbons (Fsp3) is 0.0833. The number of aromatic nitrogens is 2. The molecule has 0 spiro atoms. The normalized spacial score (nSPS) is 9.89. The molecule has 0 atom stereocenters. The first kappa shape index (κ1) is 12.0. The molecule has 6 nitrogen and oxygen atoms in total. The highest BCUT2D eigenvalue weighted by Gasteiger charge is 2.11. The summed E-state index contributed by atoms with van der Waals surface area (Å²) in [5, 5.41) is 2.74. The van der Waals surface area contributed by atoms with Crippen molar-refractivity contribution in [2.24, 2.45) is 5.84 Å². The number of hydrogen-bond acceptors (Lipinski definition) is 5. The van der Waals surface area contributed by atoms with Gasteiger partial charge in [0.25, 0.3) is 5.91 Å². The van der Waals surface area contributed by atoms with E-state index < -0.39 is 0 Å². The predicted molar refractivity (Wildman–Crippen MR) is 69.0 cm³/mol. The third-order valence-corrected chi connectivity index (χ3v) is 2.35. The first-order chi connectivity index (χ1) is 8.70. The van der Waals surface area contributed by atoms with Gasteiger partial charge in [0.2, 0.25) is 0 Å². The van der Waals surface area contributed by atoms with Crippen LogP contribution in [0, 0.1) is 6.92 Å². The first-order valence-electron chi connectivity index (χ1n) is 5.34. The molecule has 2 aromatic heterocycles. The summed E-state index contributed by atoms with van der Waals surface area (Å²) in [4.78, 5) is 19.9. The van der Waals surface area contributed by atoms with Gasteiger partial charge in [0.1, 0.15) is 0 Å². The van der Waals surface area contributed by atoms with Crippen LogP contribution in [0.2, 0.25) is 0 Å². The van der Waals surface area contributed by atoms with Crippen LogP contribution < -0.4 is 16.6 Å². The number of anilines is 2. The number of nitrogen functional groups attached to an aromatic ring is 1. The summed E-state index contributed by atoms with van der Waals surface area (Å²) in [6.45, 7) is 1.90. The van der Waals surface area contributed by atoms with E-state index >= 15 is 0 Å². The van der Waals surface area contributed by atoms with Crippen molar-refractivity contribution in [1.82, 2.24) is 9.97 Å². The molecule has 0 bridgehead atoms. The Hall–Kier alpha value is -2.47. The summed E-state index contributed by atoms with van der Waals surface area (Å²) >= 11 is 0. The Morgan fingerprint density at radius 3 is 2.83 bits per heavy atom. The second-order valence-corrected chi connectivity index (χ2v) is 3.77. The minimum absolute atomic E-state index is 0.288. The molecule has 0 aromatic carbocycles. The molecule has 0 fully saturated rings. The summed E-state index contributed by atoms with van der Waals surface area (Å²) in [7, 11) is 0. The fourth-order valence-corrected chi connectivity index (χ4v) is 1.52. The lowest BCUT2D eigenvalue weighted by Crippen LogP contribution is -2.17. The average Bonchev–Trinajstić information content (AvgIpc) is 2.38. The lowest BCUT2D eigenvalue weighted by molar-refractivity contribution is 0.102. The number of nitrogens with two attached hydrogens (primary N) is 1. The van der Waals surface area contributed by atoms with Gasteiger partial charge in [-0.15, -0.1) is 0 Å². The van der Waals surface area contributed by atoms with Crippen molar-refractivity contribution in [3.05, 3.63) is 48.0 Å². The number of hydrazine groups is 1. The zero-order chi connectivity index (χ0) is 13.0. The van der Waals surface area contributed by atoms with Crippen molar-refractivity contribution >= 4 is 17.3 Å². The van der Waals surface area contributed by atoms with Gasteiger partial charge in [-0.25, -0.2) is 0 Å². The van der Waals surface area contributed by atoms with Crippen LogP contribution >= 0.6 is 0 Å². The molecule has 2 rings (SSSR count). The molecule has 18 heavy (non-hydrogen) atoms. The van der Waals surface area contributed by atoms with E-state index in [4.69, 9.17) is 5.84 Å². The number of rotatable bonds is 3. The van der Waals surface area contributed by atoms with E-state index in [2.05, 4.69) is 20.7 Å². The number of nitrogens with zero attached hydrogens (tertiary/aromatic N) is 2. The second kappa shape index (κ2) is 5.24. The molecule has 0 aliphatic rings. The van der Waals surface area contributed by atoms with Gasteiger partial charge < -0.3 is 10.7 Å². The molecule has 0 aliphatic carbocycles. The van der Waals surface area contributed by atoms with Crippen LogP contribution in [-0.4, -0.2) is 15.9 Å². The molecule has 2 heterocycles. The summed E-state index contributed by atoms with van der Waals surface area (Å²) in [6.07, 6.45) is 6.30. The highest BCUT2D eigenvalue weighted by Crippen LogP contribution is 2.15.